The Morgan fingerprint density at radius 1 is 1.12 bits per heavy atom. The van der Waals surface area contributed by atoms with Gasteiger partial charge in [0.1, 0.15) is 24.2 Å². The zero-order valence-electron chi connectivity index (χ0n) is 20.8. The summed E-state index contributed by atoms with van der Waals surface area (Å²) in [7, 11) is 0. The van der Waals surface area contributed by atoms with Gasteiger partial charge in [0, 0.05) is 11.3 Å². The van der Waals surface area contributed by atoms with E-state index < -0.39 is 41.1 Å². The van der Waals surface area contributed by atoms with Crippen LogP contribution in [-0.4, -0.2) is 52.3 Å². The van der Waals surface area contributed by atoms with Crippen LogP contribution in [0.15, 0.2) is 18.2 Å². The van der Waals surface area contributed by atoms with Crippen molar-refractivity contribution in [3.63, 3.8) is 0 Å². The number of ether oxygens (including phenoxy) is 1. The molecule has 1 aromatic rings. The highest BCUT2D eigenvalue weighted by Crippen LogP contribution is 2.29. The topological polar surface area (TPSA) is 112 Å². The molecule has 0 aliphatic rings. The molecule has 0 fully saturated rings. The molecule has 8 nitrogen and oxygen atoms in total. The molecule has 0 saturated heterocycles. The van der Waals surface area contributed by atoms with E-state index in [1.165, 1.54) is 4.90 Å². The lowest BCUT2D eigenvalue weighted by molar-refractivity contribution is -0.142. The number of thiol groups is 1. The van der Waals surface area contributed by atoms with Crippen LogP contribution in [-0.2, 0) is 14.3 Å². The Morgan fingerprint density at radius 3 is 2.09 bits per heavy atom. The summed E-state index contributed by atoms with van der Waals surface area (Å²) in [5, 5.41) is 15.0. The molecule has 2 N–H and O–H groups in total. The van der Waals surface area contributed by atoms with Crippen molar-refractivity contribution in [3.8, 4) is 6.07 Å². The molecule has 0 aliphatic heterocycles. The smallest absolute Gasteiger partial charge is 0.408 e. The highest BCUT2D eigenvalue weighted by atomic mass is 32.1. The van der Waals surface area contributed by atoms with Gasteiger partial charge in [0.25, 0.3) is 0 Å². The van der Waals surface area contributed by atoms with E-state index >= 15 is 0 Å². The summed E-state index contributed by atoms with van der Waals surface area (Å²) in [6.45, 7) is 14.0. The number of carbonyl (C=O) groups is 3. The fourth-order valence-electron chi connectivity index (χ4n) is 3.33. The van der Waals surface area contributed by atoms with Gasteiger partial charge in [-0.1, -0.05) is 18.2 Å². The maximum absolute atomic E-state index is 13.5. The van der Waals surface area contributed by atoms with Gasteiger partial charge in [-0.15, -0.1) is 0 Å². The molecule has 1 aromatic carbocycles. The largest absolute Gasteiger partial charge is 0.444 e. The Labute approximate surface area is 202 Å². The van der Waals surface area contributed by atoms with Crippen LogP contribution in [0.1, 0.15) is 64.3 Å². The predicted octanol–water partition coefficient (Wildman–Crippen LogP) is 3.43. The molecule has 1 rings (SSSR count). The lowest BCUT2D eigenvalue weighted by Gasteiger charge is -2.35. The van der Waals surface area contributed by atoms with Gasteiger partial charge in [0.15, 0.2) is 0 Å². The summed E-state index contributed by atoms with van der Waals surface area (Å²) in [4.78, 5) is 40.5. The quantitative estimate of drug-likeness (QED) is 0.412. The summed E-state index contributed by atoms with van der Waals surface area (Å²) in [5.41, 5.74) is 0.932. The molecule has 0 radical (unpaired) electrons. The fraction of sp³-hybridized carbons (Fsp3) is 0.583. The van der Waals surface area contributed by atoms with Gasteiger partial charge >= 0.3 is 6.09 Å². The number of nitrogens with zero attached hydrogens (tertiary/aromatic N) is 2. The van der Waals surface area contributed by atoms with Crippen LogP contribution in [0.2, 0.25) is 0 Å². The van der Waals surface area contributed by atoms with Crippen LogP contribution in [0, 0.1) is 25.2 Å². The van der Waals surface area contributed by atoms with E-state index in [2.05, 4.69) is 23.3 Å². The van der Waals surface area contributed by atoms with Crippen LogP contribution < -0.4 is 10.6 Å². The third kappa shape index (κ3) is 8.61. The maximum Gasteiger partial charge on any atom is 0.408 e. The van der Waals surface area contributed by atoms with Crippen molar-refractivity contribution in [3.05, 3.63) is 34.9 Å². The molecule has 182 valence electrons. The maximum atomic E-state index is 13.5. The highest BCUT2D eigenvalue weighted by molar-refractivity contribution is 7.80. The monoisotopic (exact) mass is 476 g/mol. The van der Waals surface area contributed by atoms with Crippen molar-refractivity contribution in [1.82, 2.24) is 15.5 Å². The lowest BCUT2D eigenvalue weighted by atomic mass is 9.93. The van der Waals surface area contributed by atoms with E-state index in [1.54, 1.807) is 20.8 Å². The number of nitrogens with one attached hydrogen (secondary N) is 2. The molecular formula is C24H36N4O4S. The number of hydrogen-bond acceptors (Lipinski definition) is 6. The van der Waals surface area contributed by atoms with E-state index in [1.807, 2.05) is 58.9 Å². The van der Waals surface area contributed by atoms with Crippen molar-refractivity contribution in [2.24, 2.45) is 0 Å². The number of rotatable bonds is 7. The summed E-state index contributed by atoms with van der Waals surface area (Å²) in [5.74, 6) is -1.06. The average molecular weight is 477 g/mol. The van der Waals surface area contributed by atoms with E-state index in [0.717, 1.165) is 11.1 Å². The Kier molecular flexibility index (Phi) is 9.79. The van der Waals surface area contributed by atoms with Crippen LogP contribution in [0.4, 0.5) is 4.79 Å². The van der Waals surface area contributed by atoms with E-state index in [4.69, 9.17) is 4.74 Å². The summed E-state index contributed by atoms with van der Waals surface area (Å²) in [6, 6.07) is 5.39. The van der Waals surface area contributed by atoms with E-state index in [0.29, 0.717) is 5.56 Å². The number of aryl methyl sites for hydroxylation is 2. The first kappa shape index (κ1) is 28.3. The first-order valence-electron chi connectivity index (χ1n) is 10.8. The third-order valence-electron chi connectivity index (χ3n) is 4.57. The summed E-state index contributed by atoms with van der Waals surface area (Å²) < 4.78 is 5.26. The lowest BCUT2D eigenvalue weighted by Crippen LogP contribution is -2.55. The zero-order chi connectivity index (χ0) is 25.6. The van der Waals surface area contributed by atoms with Crippen LogP contribution in [0.3, 0.4) is 0 Å². The summed E-state index contributed by atoms with van der Waals surface area (Å²) >= 11 is 4.22. The number of carbonyl (C=O) groups excluding carboxylic acids is 3. The number of amides is 3. The molecule has 0 aromatic heterocycles. The van der Waals surface area contributed by atoms with Crippen LogP contribution in [0.25, 0.3) is 0 Å². The Morgan fingerprint density at radius 2 is 1.67 bits per heavy atom. The first-order chi connectivity index (χ1) is 15.1. The second kappa shape index (κ2) is 11.4. The Bertz CT molecular complexity index is 892. The van der Waals surface area contributed by atoms with Gasteiger partial charge in [-0.05, 0) is 72.1 Å². The van der Waals surface area contributed by atoms with Crippen molar-refractivity contribution in [2.45, 2.75) is 78.6 Å². The van der Waals surface area contributed by atoms with Gasteiger partial charge in [0.05, 0.1) is 6.07 Å². The first-order valence-corrected chi connectivity index (χ1v) is 11.4. The second-order valence-electron chi connectivity index (χ2n) is 9.95. The number of hydrogen-bond donors (Lipinski definition) is 3. The molecule has 0 heterocycles. The standard InChI is InChI=1S/C24H36N4O4S/c1-15-10-9-11-16(2)18(15)19(20(29)27-23(3,4)5)28(13-12-25)21(30)17(14-33)26-22(31)32-24(6,7)8/h9-11,17,19,33H,13-14H2,1-8H3,(H,26,31)(H,27,29). The molecule has 33 heavy (non-hydrogen) atoms. The Hall–Kier alpha value is -2.73. The highest BCUT2D eigenvalue weighted by Gasteiger charge is 2.38. The average Bonchev–Trinajstić information content (AvgIpc) is 2.64. The molecule has 0 bridgehead atoms. The minimum atomic E-state index is -1.09. The molecule has 2 atom stereocenters. The number of alkyl carbamates (subject to hydrolysis) is 1. The van der Waals surface area contributed by atoms with Gasteiger partial charge in [-0.3, -0.25) is 9.59 Å². The second-order valence-corrected chi connectivity index (χ2v) is 10.3. The van der Waals surface area contributed by atoms with Gasteiger partial charge in [-0.2, -0.15) is 17.9 Å². The van der Waals surface area contributed by atoms with Crippen molar-refractivity contribution < 1.29 is 19.1 Å². The third-order valence-corrected chi connectivity index (χ3v) is 4.93. The van der Waals surface area contributed by atoms with Crippen LogP contribution in [0.5, 0.6) is 0 Å². The minimum absolute atomic E-state index is 0.0413. The molecule has 0 spiro atoms. The zero-order valence-corrected chi connectivity index (χ0v) is 21.7. The molecule has 0 saturated carbocycles. The molecular weight excluding hydrogens is 440 g/mol. The van der Waals surface area contributed by atoms with Crippen molar-refractivity contribution >= 4 is 30.5 Å². The predicted molar refractivity (Wildman–Crippen MR) is 131 cm³/mol. The van der Waals surface area contributed by atoms with Crippen molar-refractivity contribution in [1.29, 1.82) is 5.26 Å². The molecule has 0 aliphatic carbocycles. The normalized spacial score (nSPS) is 13.3. The fourth-order valence-corrected chi connectivity index (χ4v) is 3.58. The van der Waals surface area contributed by atoms with E-state index in [9.17, 15) is 19.6 Å². The number of nitriles is 1. The van der Waals surface area contributed by atoms with Gasteiger partial charge in [0.2, 0.25) is 11.8 Å². The van der Waals surface area contributed by atoms with Gasteiger partial charge in [-0.25, -0.2) is 4.79 Å². The molecule has 3 amide bonds. The van der Waals surface area contributed by atoms with Crippen LogP contribution >= 0.6 is 12.6 Å². The molecule has 9 heteroatoms. The molecule has 2 unspecified atom stereocenters. The van der Waals surface area contributed by atoms with E-state index in [-0.39, 0.29) is 12.3 Å². The summed E-state index contributed by atoms with van der Waals surface area (Å²) in [6.07, 6.45) is -0.783. The Balaban J connectivity index is 3.49. The SMILES string of the molecule is Cc1cccc(C)c1C(C(=O)NC(C)(C)C)N(CC#N)C(=O)C(CS)NC(=O)OC(C)(C)C. The number of benzene rings is 1. The minimum Gasteiger partial charge on any atom is -0.444 e. The van der Waals surface area contributed by atoms with Gasteiger partial charge < -0.3 is 20.3 Å². The van der Waals surface area contributed by atoms with Crippen molar-refractivity contribution in [2.75, 3.05) is 12.3 Å².